The van der Waals surface area contributed by atoms with Gasteiger partial charge in [0.05, 0.1) is 0 Å². The van der Waals surface area contributed by atoms with E-state index >= 15 is 0 Å². The first kappa shape index (κ1) is 15.1. The second kappa shape index (κ2) is 8.06. The summed E-state index contributed by atoms with van der Waals surface area (Å²) in [4.78, 5) is 1.51. The van der Waals surface area contributed by atoms with Crippen molar-refractivity contribution in [1.82, 2.24) is 5.32 Å². The van der Waals surface area contributed by atoms with E-state index in [9.17, 15) is 0 Å². The molecule has 1 aliphatic rings. The van der Waals surface area contributed by atoms with Crippen LogP contribution in [0.3, 0.4) is 0 Å². The lowest BCUT2D eigenvalue weighted by atomic mass is 9.95. The van der Waals surface area contributed by atoms with Crippen LogP contribution in [0.4, 0.5) is 0 Å². The minimum atomic E-state index is 0.577. The number of thiophene rings is 1. The fraction of sp³-hybridized carbons (Fsp3) is 0.765. The van der Waals surface area contributed by atoms with Crippen LogP contribution in [0.1, 0.15) is 76.1 Å². The predicted molar refractivity (Wildman–Crippen MR) is 85.8 cm³/mol. The molecule has 108 valence electrons. The molecule has 19 heavy (non-hydrogen) atoms. The highest BCUT2D eigenvalue weighted by molar-refractivity contribution is 7.10. The molecule has 3 unspecified atom stereocenters. The van der Waals surface area contributed by atoms with E-state index in [0.29, 0.717) is 6.04 Å². The van der Waals surface area contributed by atoms with E-state index in [4.69, 9.17) is 0 Å². The van der Waals surface area contributed by atoms with Crippen LogP contribution in [0, 0.1) is 5.92 Å². The number of nitrogens with one attached hydrogen (secondary N) is 1. The molecule has 0 spiro atoms. The van der Waals surface area contributed by atoms with E-state index in [0.717, 1.165) is 12.0 Å². The second-order valence-corrected chi connectivity index (χ2v) is 6.98. The molecular weight excluding hydrogens is 250 g/mol. The Morgan fingerprint density at radius 2 is 2.16 bits per heavy atom. The first-order valence-corrected chi connectivity index (χ1v) is 9.00. The Balaban J connectivity index is 1.84. The highest BCUT2D eigenvalue weighted by Gasteiger charge is 2.21. The predicted octanol–water partition coefficient (Wildman–Crippen LogP) is 5.54. The molecule has 1 nitrogen and oxygen atoms in total. The SMILES string of the molecule is CCCC1CCCC(NC(CC)c2cccs2)CC1. The van der Waals surface area contributed by atoms with Crippen LogP contribution in [0.15, 0.2) is 17.5 Å². The Labute approximate surface area is 122 Å². The molecule has 1 aromatic heterocycles. The number of hydrogen-bond donors (Lipinski definition) is 1. The Hall–Kier alpha value is -0.340. The lowest BCUT2D eigenvalue weighted by Crippen LogP contribution is -2.31. The van der Waals surface area contributed by atoms with E-state index in [1.165, 1.54) is 56.2 Å². The zero-order chi connectivity index (χ0) is 13.5. The van der Waals surface area contributed by atoms with Crippen molar-refractivity contribution in [2.24, 2.45) is 5.92 Å². The molecule has 0 radical (unpaired) electrons. The minimum Gasteiger partial charge on any atom is -0.306 e. The molecule has 0 amide bonds. The van der Waals surface area contributed by atoms with Crippen molar-refractivity contribution in [3.63, 3.8) is 0 Å². The van der Waals surface area contributed by atoms with Crippen LogP contribution in [-0.4, -0.2) is 6.04 Å². The van der Waals surface area contributed by atoms with Crippen LogP contribution in [0.5, 0.6) is 0 Å². The fourth-order valence-electron chi connectivity index (χ4n) is 3.42. The maximum Gasteiger partial charge on any atom is 0.0414 e. The first-order valence-electron chi connectivity index (χ1n) is 8.12. The summed E-state index contributed by atoms with van der Waals surface area (Å²) in [6.07, 6.45) is 11.1. The average Bonchev–Trinajstić information content (AvgIpc) is 2.86. The maximum absolute atomic E-state index is 3.92. The highest BCUT2D eigenvalue weighted by atomic mass is 32.1. The van der Waals surface area contributed by atoms with Crippen molar-refractivity contribution in [3.05, 3.63) is 22.4 Å². The third-order valence-electron chi connectivity index (χ3n) is 4.52. The van der Waals surface area contributed by atoms with Gasteiger partial charge in [-0.1, -0.05) is 45.6 Å². The molecule has 3 atom stereocenters. The maximum atomic E-state index is 3.92. The zero-order valence-corrected chi connectivity index (χ0v) is 13.3. The topological polar surface area (TPSA) is 12.0 Å². The Morgan fingerprint density at radius 3 is 2.84 bits per heavy atom. The van der Waals surface area contributed by atoms with E-state index < -0.39 is 0 Å². The van der Waals surface area contributed by atoms with Gasteiger partial charge in [0.25, 0.3) is 0 Å². The van der Waals surface area contributed by atoms with Crippen LogP contribution >= 0.6 is 11.3 Å². The standard InChI is InChI=1S/C17H29NS/c1-3-7-14-8-5-9-15(12-11-14)18-16(4-2)17-10-6-13-19-17/h6,10,13-16,18H,3-5,7-9,11-12H2,1-2H3. The van der Waals surface area contributed by atoms with E-state index in [1.54, 1.807) is 0 Å². The molecule has 1 heterocycles. The van der Waals surface area contributed by atoms with Crippen molar-refractivity contribution in [2.75, 3.05) is 0 Å². The van der Waals surface area contributed by atoms with Crippen molar-refractivity contribution < 1.29 is 0 Å². The summed E-state index contributed by atoms with van der Waals surface area (Å²) in [7, 11) is 0. The van der Waals surface area contributed by atoms with E-state index in [2.05, 4.69) is 36.7 Å². The van der Waals surface area contributed by atoms with Crippen molar-refractivity contribution in [2.45, 2.75) is 77.3 Å². The first-order chi connectivity index (χ1) is 9.33. The van der Waals surface area contributed by atoms with E-state index in [-0.39, 0.29) is 0 Å². The second-order valence-electron chi connectivity index (χ2n) is 6.00. The van der Waals surface area contributed by atoms with Gasteiger partial charge in [-0.05, 0) is 43.0 Å². The fourth-order valence-corrected chi connectivity index (χ4v) is 4.29. The zero-order valence-electron chi connectivity index (χ0n) is 12.5. The minimum absolute atomic E-state index is 0.577. The average molecular weight is 279 g/mol. The molecule has 1 fully saturated rings. The molecule has 0 saturated heterocycles. The van der Waals surface area contributed by atoms with Gasteiger partial charge in [-0.15, -0.1) is 11.3 Å². The van der Waals surface area contributed by atoms with Crippen molar-refractivity contribution in [3.8, 4) is 0 Å². The van der Waals surface area contributed by atoms with Crippen LogP contribution in [0.25, 0.3) is 0 Å². The Kier molecular flexibility index (Phi) is 6.39. The van der Waals surface area contributed by atoms with Crippen LogP contribution in [0.2, 0.25) is 0 Å². The summed E-state index contributed by atoms with van der Waals surface area (Å²) < 4.78 is 0. The summed E-state index contributed by atoms with van der Waals surface area (Å²) in [5.41, 5.74) is 0. The van der Waals surface area contributed by atoms with Gasteiger partial charge in [-0.2, -0.15) is 0 Å². The number of hydrogen-bond acceptors (Lipinski definition) is 2. The molecule has 1 aromatic rings. The summed E-state index contributed by atoms with van der Waals surface area (Å²) in [6.45, 7) is 4.62. The molecule has 0 aliphatic heterocycles. The van der Waals surface area contributed by atoms with Gasteiger partial charge in [-0.3, -0.25) is 0 Å². The molecule has 1 aliphatic carbocycles. The third-order valence-corrected chi connectivity index (χ3v) is 5.50. The van der Waals surface area contributed by atoms with Crippen molar-refractivity contribution in [1.29, 1.82) is 0 Å². The normalized spacial score (nSPS) is 26.0. The quantitative estimate of drug-likeness (QED) is 0.674. The molecule has 1 N–H and O–H groups in total. The van der Waals surface area contributed by atoms with Crippen molar-refractivity contribution >= 4 is 11.3 Å². The Bertz CT molecular complexity index is 333. The van der Waals surface area contributed by atoms with Gasteiger partial charge in [0.15, 0.2) is 0 Å². The smallest absolute Gasteiger partial charge is 0.0414 e. The summed E-state index contributed by atoms with van der Waals surface area (Å²) >= 11 is 1.90. The summed E-state index contributed by atoms with van der Waals surface area (Å²) in [5.74, 6) is 0.999. The molecule has 2 heteroatoms. The lowest BCUT2D eigenvalue weighted by molar-refractivity contribution is 0.381. The van der Waals surface area contributed by atoms with Gasteiger partial charge in [0.1, 0.15) is 0 Å². The lowest BCUT2D eigenvalue weighted by Gasteiger charge is -2.23. The van der Waals surface area contributed by atoms with E-state index in [1.807, 2.05) is 11.3 Å². The molecule has 0 aromatic carbocycles. The third kappa shape index (κ3) is 4.61. The van der Waals surface area contributed by atoms with Gasteiger partial charge >= 0.3 is 0 Å². The highest BCUT2D eigenvalue weighted by Crippen LogP contribution is 2.29. The van der Waals surface area contributed by atoms with Gasteiger partial charge in [0.2, 0.25) is 0 Å². The molecular formula is C17H29NS. The van der Waals surface area contributed by atoms with Crippen LogP contribution < -0.4 is 5.32 Å². The largest absolute Gasteiger partial charge is 0.306 e. The molecule has 2 rings (SSSR count). The van der Waals surface area contributed by atoms with Gasteiger partial charge in [0, 0.05) is 17.0 Å². The Morgan fingerprint density at radius 1 is 1.26 bits per heavy atom. The summed E-state index contributed by atoms with van der Waals surface area (Å²) in [6, 6.07) is 5.78. The number of rotatable bonds is 6. The van der Waals surface area contributed by atoms with Crippen LogP contribution in [-0.2, 0) is 0 Å². The summed E-state index contributed by atoms with van der Waals surface area (Å²) in [5, 5.41) is 6.12. The molecule has 0 bridgehead atoms. The van der Waals surface area contributed by atoms with Gasteiger partial charge in [-0.25, -0.2) is 0 Å². The monoisotopic (exact) mass is 279 g/mol. The van der Waals surface area contributed by atoms with Gasteiger partial charge < -0.3 is 5.32 Å². The molecule has 1 saturated carbocycles.